The van der Waals surface area contributed by atoms with Crippen molar-refractivity contribution in [1.82, 2.24) is 19.6 Å². The van der Waals surface area contributed by atoms with Gasteiger partial charge in [-0.15, -0.1) is 0 Å². The molecular formula is C8H13BrN6O2S. The highest BCUT2D eigenvalue weighted by atomic mass is 79.9. The van der Waals surface area contributed by atoms with E-state index in [0.717, 1.165) is 0 Å². The lowest BCUT2D eigenvalue weighted by Crippen LogP contribution is -2.16. The van der Waals surface area contributed by atoms with Crippen molar-refractivity contribution in [2.75, 3.05) is 5.73 Å². The molecule has 2 rings (SSSR count). The summed E-state index contributed by atoms with van der Waals surface area (Å²) < 4.78 is 24.8. The van der Waals surface area contributed by atoms with Crippen LogP contribution in [0, 0.1) is 0 Å². The molecule has 100 valence electrons. The number of aryl methyl sites for hydroxylation is 2. The van der Waals surface area contributed by atoms with Crippen molar-refractivity contribution in [3.05, 3.63) is 22.9 Å². The second kappa shape index (κ2) is 5.50. The molecule has 0 aromatic carbocycles. The Bertz CT molecular complexity index is 596. The highest BCUT2D eigenvalue weighted by molar-refractivity contribution is 9.10. The van der Waals surface area contributed by atoms with Gasteiger partial charge in [0.25, 0.3) is 10.0 Å². The fraction of sp³-hybridized carbons (Fsp3) is 0.250. The Kier molecular flexibility index (Phi) is 4.48. The summed E-state index contributed by atoms with van der Waals surface area (Å²) in [5.41, 5.74) is 5.34. The van der Waals surface area contributed by atoms with E-state index in [1.165, 1.54) is 17.9 Å². The third-order valence-electron chi connectivity index (χ3n) is 1.97. The predicted molar refractivity (Wildman–Crippen MR) is 69.9 cm³/mol. The summed E-state index contributed by atoms with van der Waals surface area (Å²) in [5.74, 6) is 0.694. The Balaban J connectivity index is 0.000000199. The van der Waals surface area contributed by atoms with Gasteiger partial charge in [0.1, 0.15) is 5.82 Å². The summed E-state index contributed by atoms with van der Waals surface area (Å²) in [6.45, 7) is 0. The number of hydrogen-bond donors (Lipinski definition) is 2. The summed E-state index contributed by atoms with van der Waals surface area (Å²) in [6, 6.07) is 1.75. The van der Waals surface area contributed by atoms with Gasteiger partial charge in [-0.25, -0.2) is 13.6 Å². The van der Waals surface area contributed by atoms with Crippen LogP contribution in [-0.2, 0) is 24.1 Å². The second-order valence-electron chi connectivity index (χ2n) is 3.35. The van der Waals surface area contributed by atoms with E-state index < -0.39 is 10.0 Å². The lowest BCUT2D eigenvalue weighted by Gasteiger charge is -1.97. The van der Waals surface area contributed by atoms with E-state index in [2.05, 4.69) is 26.1 Å². The third-order valence-corrected chi connectivity index (χ3v) is 3.84. The maximum Gasteiger partial charge on any atom is 0.256 e. The van der Waals surface area contributed by atoms with Crippen LogP contribution in [0.15, 0.2) is 28.0 Å². The van der Waals surface area contributed by atoms with Crippen molar-refractivity contribution in [3.63, 3.8) is 0 Å². The molecule has 0 saturated carbocycles. The molecule has 10 heteroatoms. The van der Waals surface area contributed by atoms with Crippen LogP contribution in [0.25, 0.3) is 0 Å². The Morgan fingerprint density at radius 1 is 1.28 bits per heavy atom. The zero-order valence-corrected chi connectivity index (χ0v) is 12.2. The minimum atomic E-state index is -3.67. The van der Waals surface area contributed by atoms with E-state index in [9.17, 15) is 8.42 Å². The number of rotatable bonds is 1. The van der Waals surface area contributed by atoms with Crippen molar-refractivity contribution >= 4 is 31.8 Å². The van der Waals surface area contributed by atoms with Gasteiger partial charge in [-0.2, -0.15) is 10.2 Å². The standard InChI is InChI=1S/C4H6BrN3O2S.C4H7N3/c1-8-4(11(6,9)10)3(5)2-7-8;1-7-4(5)2-3-6-7/h2H,1H3,(H2,6,9,10);2-3H,5H2,1H3. The Morgan fingerprint density at radius 3 is 2.06 bits per heavy atom. The average molecular weight is 337 g/mol. The topological polar surface area (TPSA) is 122 Å². The number of nitrogen functional groups attached to an aromatic ring is 1. The quantitative estimate of drug-likeness (QED) is 0.748. The maximum atomic E-state index is 10.8. The fourth-order valence-corrected chi connectivity index (χ4v) is 2.87. The summed E-state index contributed by atoms with van der Waals surface area (Å²) in [6.07, 6.45) is 3.04. The van der Waals surface area contributed by atoms with Crippen LogP contribution in [0.4, 0.5) is 5.82 Å². The van der Waals surface area contributed by atoms with Gasteiger partial charge >= 0.3 is 0 Å². The van der Waals surface area contributed by atoms with Gasteiger partial charge in [0.15, 0.2) is 5.03 Å². The number of hydrogen-bond acceptors (Lipinski definition) is 5. The van der Waals surface area contributed by atoms with Gasteiger partial charge in [0, 0.05) is 14.1 Å². The summed E-state index contributed by atoms with van der Waals surface area (Å²) in [5, 5.41) is 12.4. The molecule has 2 heterocycles. The van der Waals surface area contributed by atoms with E-state index in [-0.39, 0.29) is 5.03 Å². The molecule has 0 radical (unpaired) electrons. The zero-order chi connectivity index (χ0) is 13.9. The Morgan fingerprint density at radius 2 is 1.89 bits per heavy atom. The molecule has 0 fully saturated rings. The van der Waals surface area contributed by atoms with Crippen molar-refractivity contribution in [1.29, 1.82) is 0 Å². The first kappa shape index (κ1) is 14.7. The minimum Gasteiger partial charge on any atom is -0.384 e. The van der Waals surface area contributed by atoms with E-state index in [1.807, 2.05) is 0 Å². The van der Waals surface area contributed by atoms with Gasteiger partial charge < -0.3 is 5.73 Å². The minimum absolute atomic E-state index is 0.0162. The molecule has 8 nitrogen and oxygen atoms in total. The van der Waals surface area contributed by atoms with Gasteiger partial charge in [-0.05, 0) is 22.0 Å². The maximum absolute atomic E-state index is 10.8. The lowest BCUT2D eigenvalue weighted by molar-refractivity contribution is 0.577. The third kappa shape index (κ3) is 3.55. The first-order chi connectivity index (χ1) is 8.23. The molecule has 0 unspecified atom stereocenters. The lowest BCUT2D eigenvalue weighted by atomic mass is 10.7. The highest BCUT2D eigenvalue weighted by Crippen LogP contribution is 2.18. The monoisotopic (exact) mass is 336 g/mol. The Labute approximate surface area is 113 Å². The largest absolute Gasteiger partial charge is 0.384 e. The summed E-state index contributed by atoms with van der Waals surface area (Å²) in [7, 11) is -0.362. The average Bonchev–Trinajstić information content (AvgIpc) is 2.74. The smallest absolute Gasteiger partial charge is 0.256 e. The van der Waals surface area contributed by atoms with Gasteiger partial charge in [-0.1, -0.05) is 0 Å². The normalized spacial score (nSPS) is 10.9. The molecule has 0 spiro atoms. The van der Waals surface area contributed by atoms with Crippen LogP contribution >= 0.6 is 15.9 Å². The summed E-state index contributed by atoms with van der Waals surface area (Å²) >= 11 is 3.01. The van der Waals surface area contributed by atoms with Crippen LogP contribution in [-0.4, -0.2) is 28.0 Å². The number of aromatic nitrogens is 4. The van der Waals surface area contributed by atoms with Gasteiger partial charge in [0.2, 0.25) is 0 Å². The van der Waals surface area contributed by atoms with Gasteiger partial charge in [-0.3, -0.25) is 9.36 Å². The summed E-state index contributed by atoms with van der Waals surface area (Å²) in [4.78, 5) is 0. The molecule has 0 saturated heterocycles. The van der Waals surface area contributed by atoms with Crippen molar-refractivity contribution in [2.24, 2.45) is 19.2 Å². The molecular weight excluding hydrogens is 324 g/mol. The van der Waals surface area contributed by atoms with E-state index in [1.54, 1.807) is 24.0 Å². The molecule has 0 aliphatic heterocycles. The van der Waals surface area contributed by atoms with Crippen molar-refractivity contribution in [2.45, 2.75) is 5.03 Å². The van der Waals surface area contributed by atoms with Crippen LogP contribution in [0.5, 0.6) is 0 Å². The number of nitrogens with two attached hydrogens (primary N) is 2. The van der Waals surface area contributed by atoms with Crippen molar-refractivity contribution in [3.8, 4) is 0 Å². The van der Waals surface area contributed by atoms with E-state index in [4.69, 9.17) is 10.9 Å². The van der Waals surface area contributed by atoms with Crippen LogP contribution < -0.4 is 10.9 Å². The second-order valence-corrected chi connectivity index (χ2v) is 5.68. The molecule has 0 aliphatic carbocycles. The predicted octanol–water partition coefficient (Wildman–Crippen LogP) is -0.168. The number of nitrogens with zero attached hydrogens (tertiary/aromatic N) is 4. The van der Waals surface area contributed by atoms with E-state index >= 15 is 0 Å². The van der Waals surface area contributed by atoms with Crippen LogP contribution in [0.1, 0.15) is 0 Å². The van der Waals surface area contributed by atoms with Crippen molar-refractivity contribution < 1.29 is 8.42 Å². The number of primary sulfonamides is 1. The molecule has 2 aromatic rings. The first-order valence-corrected chi connectivity index (χ1v) is 7.01. The fourth-order valence-electron chi connectivity index (χ4n) is 1.10. The van der Waals surface area contributed by atoms with Crippen LogP contribution in [0.2, 0.25) is 0 Å². The number of halogens is 1. The SMILES string of the molecule is Cn1ncc(Br)c1S(N)(=O)=O.Cn1nccc1N. The zero-order valence-electron chi connectivity index (χ0n) is 9.78. The molecule has 0 atom stereocenters. The Hall–Kier alpha value is -1.39. The molecule has 18 heavy (non-hydrogen) atoms. The molecule has 4 N–H and O–H groups in total. The van der Waals surface area contributed by atoms with E-state index in [0.29, 0.717) is 10.3 Å². The first-order valence-electron chi connectivity index (χ1n) is 4.67. The molecule has 2 aromatic heterocycles. The highest BCUT2D eigenvalue weighted by Gasteiger charge is 2.16. The molecule has 0 bridgehead atoms. The molecule has 0 aliphatic rings. The van der Waals surface area contributed by atoms with Crippen LogP contribution in [0.3, 0.4) is 0 Å². The number of anilines is 1. The number of sulfonamides is 1. The van der Waals surface area contributed by atoms with Gasteiger partial charge in [0.05, 0.1) is 16.9 Å². The molecule has 0 amide bonds.